The molecule has 0 saturated heterocycles. The molecular formula is C14H11F3N4O3S. The van der Waals surface area contributed by atoms with E-state index in [1.54, 1.807) is 0 Å². The first-order valence-corrected chi connectivity index (χ1v) is 8.07. The number of imidazole rings is 1. The minimum Gasteiger partial charge on any atom is -0.324 e. The highest BCUT2D eigenvalue weighted by molar-refractivity contribution is 7.89. The van der Waals surface area contributed by atoms with Gasteiger partial charge >= 0.3 is 6.18 Å². The Morgan fingerprint density at radius 2 is 1.88 bits per heavy atom. The third kappa shape index (κ3) is 3.40. The molecule has 132 valence electrons. The average molecular weight is 372 g/mol. The summed E-state index contributed by atoms with van der Waals surface area (Å²) in [5, 5.41) is 8.35. The number of aromatic nitrogens is 2. The molecule has 0 spiro atoms. The van der Waals surface area contributed by atoms with Gasteiger partial charge in [0.25, 0.3) is 10.0 Å². The molecule has 1 N–H and O–H groups in total. The molecule has 1 aromatic heterocycles. The van der Waals surface area contributed by atoms with Crippen LogP contribution >= 0.6 is 0 Å². The maximum absolute atomic E-state index is 13.0. The number of halogens is 3. The molecule has 0 bridgehead atoms. The van der Waals surface area contributed by atoms with Gasteiger partial charge in [0.2, 0.25) is 5.78 Å². The summed E-state index contributed by atoms with van der Waals surface area (Å²) in [4.78, 5) is 18.1. The number of nitrogens with zero attached hydrogens (tertiary/aromatic N) is 3. The third-order valence-electron chi connectivity index (χ3n) is 3.21. The van der Waals surface area contributed by atoms with Crippen molar-refractivity contribution in [1.29, 1.82) is 5.26 Å². The number of carbonyl (C=O) groups is 1. The van der Waals surface area contributed by atoms with Gasteiger partial charge in [-0.2, -0.15) is 18.4 Å². The second kappa shape index (κ2) is 6.30. The van der Waals surface area contributed by atoms with E-state index in [4.69, 9.17) is 5.26 Å². The van der Waals surface area contributed by atoms with Crippen LogP contribution in [0.2, 0.25) is 0 Å². The van der Waals surface area contributed by atoms with Crippen LogP contribution in [0, 0.1) is 11.3 Å². The molecule has 0 unspecified atom stereocenters. The van der Waals surface area contributed by atoms with Crippen molar-refractivity contribution in [3.63, 3.8) is 0 Å². The largest absolute Gasteiger partial charge is 0.417 e. The van der Waals surface area contributed by atoms with Gasteiger partial charge in [-0.1, -0.05) is 18.2 Å². The van der Waals surface area contributed by atoms with Crippen LogP contribution < -0.4 is 0 Å². The number of H-pyrrole nitrogens is 1. The lowest BCUT2D eigenvalue weighted by atomic mass is 10.0. The molecule has 25 heavy (non-hydrogen) atoms. The summed E-state index contributed by atoms with van der Waals surface area (Å²) >= 11 is 0. The molecule has 1 aromatic carbocycles. The number of hydrogen-bond acceptors (Lipinski definition) is 5. The van der Waals surface area contributed by atoms with Gasteiger partial charge in [-0.25, -0.2) is 17.7 Å². The highest BCUT2D eigenvalue weighted by Crippen LogP contribution is 2.32. The first-order chi connectivity index (χ1) is 11.5. The van der Waals surface area contributed by atoms with E-state index in [0.29, 0.717) is 0 Å². The van der Waals surface area contributed by atoms with Crippen molar-refractivity contribution in [2.45, 2.75) is 11.2 Å². The zero-order chi connectivity index (χ0) is 19.0. The Labute approximate surface area is 140 Å². The normalized spacial score (nSPS) is 12.2. The first-order valence-electron chi connectivity index (χ1n) is 6.63. The molecule has 1 heterocycles. The van der Waals surface area contributed by atoms with Crippen LogP contribution in [0.25, 0.3) is 0 Å². The Hall–Kier alpha value is -2.71. The predicted molar refractivity (Wildman–Crippen MR) is 79.1 cm³/mol. The molecule has 0 aliphatic rings. The number of nitrogens with one attached hydrogen (secondary N) is 1. The van der Waals surface area contributed by atoms with Crippen molar-refractivity contribution in [2.75, 3.05) is 14.1 Å². The van der Waals surface area contributed by atoms with Crippen molar-refractivity contribution in [1.82, 2.24) is 14.3 Å². The third-order valence-corrected chi connectivity index (χ3v) is 4.98. The first kappa shape index (κ1) is 18.6. The Bertz CT molecular complexity index is 972. The number of ketones is 1. The van der Waals surface area contributed by atoms with Crippen LogP contribution in [0.1, 0.15) is 27.4 Å². The van der Waals surface area contributed by atoms with Crippen LogP contribution in [0.5, 0.6) is 0 Å². The number of nitriles is 1. The number of carbonyl (C=O) groups excluding carboxylic acids is 1. The van der Waals surface area contributed by atoms with Gasteiger partial charge in [-0.05, 0) is 6.07 Å². The van der Waals surface area contributed by atoms with Gasteiger partial charge in [0.05, 0.1) is 5.56 Å². The number of sulfonamides is 1. The van der Waals surface area contributed by atoms with E-state index in [1.807, 2.05) is 0 Å². The molecule has 0 atom stereocenters. The molecule has 0 radical (unpaired) electrons. The fraction of sp³-hybridized carbons (Fsp3) is 0.214. The van der Waals surface area contributed by atoms with Crippen molar-refractivity contribution in [3.05, 3.63) is 46.9 Å². The summed E-state index contributed by atoms with van der Waals surface area (Å²) in [6, 6.07) is 5.52. The van der Waals surface area contributed by atoms with E-state index in [-0.39, 0.29) is 0 Å². The SMILES string of the molecule is CN(C)S(=O)(=O)c1[nH]c(C(=O)c2ccccc2C(F)(F)F)nc1C#N. The number of hydrogen-bond donors (Lipinski definition) is 1. The van der Waals surface area contributed by atoms with Crippen LogP contribution in [0.15, 0.2) is 29.3 Å². The number of aromatic amines is 1. The van der Waals surface area contributed by atoms with Gasteiger partial charge in [0.15, 0.2) is 16.5 Å². The molecule has 0 fully saturated rings. The zero-order valence-electron chi connectivity index (χ0n) is 12.9. The van der Waals surface area contributed by atoms with Crippen molar-refractivity contribution < 1.29 is 26.4 Å². The van der Waals surface area contributed by atoms with E-state index in [1.165, 1.54) is 26.2 Å². The second-order valence-corrected chi connectivity index (χ2v) is 7.12. The number of rotatable bonds is 4. The number of benzene rings is 1. The molecular weight excluding hydrogens is 361 g/mol. The van der Waals surface area contributed by atoms with E-state index < -0.39 is 49.7 Å². The Balaban J connectivity index is 2.61. The van der Waals surface area contributed by atoms with Gasteiger partial charge in [0.1, 0.15) is 6.07 Å². The highest BCUT2D eigenvalue weighted by Gasteiger charge is 2.36. The maximum atomic E-state index is 13.0. The second-order valence-electron chi connectivity index (χ2n) is 5.03. The highest BCUT2D eigenvalue weighted by atomic mass is 32.2. The van der Waals surface area contributed by atoms with Crippen LogP contribution in [0.4, 0.5) is 13.2 Å². The molecule has 7 nitrogen and oxygen atoms in total. The predicted octanol–water partition coefficient (Wildman–Crippen LogP) is 1.78. The molecule has 2 aromatic rings. The Morgan fingerprint density at radius 3 is 2.40 bits per heavy atom. The summed E-state index contributed by atoms with van der Waals surface area (Å²) in [5.74, 6) is -1.85. The molecule has 0 aliphatic carbocycles. The van der Waals surface area contributed by atoms with Crippen molar-refractivity contribution in [3.8, 4) is 6.07 Å². The summed E-state index contributed by atoms with van der Waals surface area (Å²) in [6.07, 6.45) is -4.78. The molecule has 0 saturated carbocycles. The lowest BCUT2D eigenvalue weighted by molar-refractivity contribution is -0.137. The van der Waals surface area contributed by atoms with E-state index in [2.05, 4.69) is 9.97 Å². The van der Waals surface area contributed by atoms with Gasteiger partial charge in [-0.15, -0.1) is 0 Å². The average Bonchev–Trinajstić information content (AvgIpc) is 2.98. The fourth-order valence-corrected chi connectivity index (χ4v) is 2.89. The zero-order valence-corrected chi connectivity index (χ0v) is 13.7. The van der Waals surface area contributed by atoms with Crippen LogP contribution in [-0.2, 0) is 16.2 Å². The van der Waals surface area contributed by atoms with E-state index in [0.717, 1.165) is 22.5 Å². The van der Waals surface area contributed by atoms with E-state index in [9.17, 15) is 26.4 Å². The van der Waals surface area contributed by atoms with Gasteiger partial charge in [0, 0.05) is 19.7 Å². The number of alkyl halides is 3. The Kier molecular flexibility index (Phi) is 4.70. The standard InChI is InChI=1S/C14H11F3N4O3S/c1-21(2)25(23,24)13-10(7-18)19-12(20-13)11(22)8-5-3-4-6-9(8)14(15,16)17/h3-6H,1-2H3,(H,19,20). The lowest BCUT2D eigenvalue weighted by Gasteiger charge is -2.11. The van der Waals surface area contributed by atoms with Gasteiger partial charge < -0.3 is 4.98 Å². The molecule has 2 rings (SSSR count). The molecule has 11 heteroatoms. The summed E-state index contributed by atoms with van der Waals surface area (Å²) in [6.45, 7) is 0. The monoisotopic (exact) mass is 372 g/mol. The van der Waals surface area contributed by atoms with Crippen LogP contribution in [-0.4, -0.2) is 42.6 Å². The molecule has 0 aliphatic heterocycles. The van der Waals surface area contributed by atoms with Crippen LogP contribution in [0.3, 0.4) is 0 Å². The van der Waals surface area contributed by atoms with Gasteiger partial charge in [-0.3, -0.25) is 4.79 Å². The topological polar surface area (TPSA) is 107 Å². The lowest BCUT2D eigenvalue weighted by Crippen LogP contribution is -2.23. The Morgan fingerprint density at radius 1 is 1.28 bits per heavy atom. The van der Waals surface area contributed by atoms with Crippen molar-refractivity contribution >= 4 is 15.8 Å². The van der Waals surface area contributed by atoms with Crippen molar-refractivity contribution in [2.24, 2.45) is 0 Å². The fourth-order valence-electron chi connectivity index (χ4n) is 1.97. The summed E-state index contributed by atoms with van der Waals surface area (Å²) < 4.78 is 64.1. The smallest absolute Gasteiger partial charge is 0.324 e. The minimum atomic E-state index is -4.78. The maximum Gasteiger partial charge on any atom is 0.417 e. The summed E-state index contributed by atoms with van der Waals surface area (Å²) in [5.41, 5.74) is -2.50. The minimum absolute atomic E-state index is 0.610. The molecule has 0 amide bonds. The van der Waals surface area contributed by atoms with E-state index >= 15 is 0 Å². The quantitative estimate of drug-likeness (QED) is 0.824. The summed E-state index contributed by atoms with van der Waals surface area (Å²) in [7, 11) is -1.75.